The molecule has 0 N–H and O–H groups in total. The highest BCUT2D eigenvalue weighted by molar-refractivity contribution is 7.86. The van der Waals surface area contributed by atoms with Crippen LogP contribution in [-0.4, -0.2) is 77.5 Å². The van der Waals surface area contributed by atoms with E-state index < -0.39 is 73.3 Å². The molecule has 0 saturated heterocycles. The minimum absolute atomic E-state index is 0.0832. The van der Waals surface area contributed by atoms with Gasteiger partial charge in [0, 0.05) is 25.0 Å². The van der Waals surface area contributed by atoms with Crippen molar-refractivity contribution in [1.29, 1.82) is 0 Å². The summed E-state index contributed by atoms with van der Waals surface area (Å²) in [6.07, 6.45) is -7.95. The number of halogens is 6. The first-order valence-corrected chi connectivity index (χ1v) is 17.9. The summed E-state index contributed by atoms with van der Waals surface area (Å²) in [6, 6.07) is 0. The number of hydrogen-bond acceptors (Lipinski definition) is 10. The van der Waals surface area contributed by atoms with Crippen molar-refractivity contribution in [3.05, 3.63) is 0 Å². The van der Waals surface area contributed by atoms with Gasteiger partial charge in [-0.1, -0.05) is 31.1 Å². The molecule has 18 heteroatoms. The predicted molar refractivity (Wildman–Crippen MR) is 150 cm³/mol. The lowest BCUT2D eigenvalue weighted by atomic mass is 9.76. The minimum Gasteiger partial charge on any atom is -0.378 e. The van der Waals surface area contributed by atoms with Crippen LogP contribution in [0.15, 0.2) is 10.3 Å². The lowest BCUT2D eigenvalue weighted by molar-refractivity contribution is -0.0704. The van der Waals surface area contributed by atoms with Crippen LogP contribution in [0, 0.1) is 17.8 Å². The summed E-state index contributed by atoms with van der Waals surface area (Å²) in [4.78, 5) is 0. The van der Waals surface area contributed by atoms with E-state index >= 15 is 0 Å². The van der Waals surface area contributed by atoms with Crippen molar-refractivity contribution in [1.82, 2.24) is 0 Å². The van der Waals surface area contributed by atoms with Gasteiger partial charge in [0.1, 0.15) is 0 Å². The second-order valence-electron chi connectivity index (χ2n) is 11.2. The SMILES string of the molecule is CCCS(=O)(=O)O/N=C(/C1CCC(OCCCOC2CCC(/C(=N/OS(=O)(=O)CCC)C(F)(F)F)C(C)C2)CC1)C(F)(F)F. The van der Waals surface area contributed by atoms with Crippen molar-refractivity contribution in [2.45, 2.75) is 110 Å². The Kier molecular flexibility index (Phi) is 14.7. The van der Waals surface area contributed by atoms with E-state index in [1.807, 2.05) is 0 Å². The maximum Gasteiger partial charge on any atom is 0.433 e. The van der Waals surface area contributed by atoms with Crippen LogP contribution in [0.2, 0.25) is 0 Å². The molecule has 2 aliphatic rings. The molecule has 10 nitrogen and oxygen atoms in total. The molecule has 2 fully saturated rings. The fourth-order valence-corrected chi connectivity index (χ4v) is 6.96. The van der Waals surface area contributed by atoms with E-state index in [1.54, 1.807) is 20.8 Å². The maximum atomic E-state index is 13.7. The van der Waals surface area contributed by atoms with Crippen LogP contribution in [0.4, 0.5) is 26.3 Å². The van der Waals surface area contributed by atoms with Gasteiger partial charge < -0.3 is 9.47 Å². The highest BCUT2D eigenvalue weighted by Gasteiger charge is 2.46. The highest BCUT2D eigenvalue weighted by Crippen LogP contribution is 2.38. The number of ether oxygens (including phenoxy) is 2. The van der Waals surface area contributed by atoms with Crippen LogP contribution in [0.3, 0.4) is 0 Å². The first-order chi connectivity index (χ1) is 20.4. The number of oxime groups is 2. The third kappa shape index (κ3) is 13.0. The van der Waals surface area contributed by atoms with Crippen LogP contribution >= 0.6 is 0 Å². The lowest BCUT2D eigenvalue weighted by Gasteiger charge is -2.35. The molecule has 0 heterocycles. The average molecular weight is 689 g/mol. The van der Waals surface area contributed by atoms with Gasteiger partial charge >= 0.3 is 32.6 Å². The fourth-order valence-electron chi connectivity index (χ4n) is 5.42. The van der Waals surface area contributed by atoms with Crippen molar-refractivity contribution in [2.75, 3.05) is 24.7 Å². The third-order valence-corrected chi connectivity index (χ3v) is 9.94. The zero-order valence-corrected chi connectivity index (χ0v) is 26.7. The topological polar surface area (TPSA) is 130 Å². The summed E-state index contributed by atoms with van der Waals surface area (Å²) in [5.74, 6) is -3.44. The van der Waals surface area contributed by atoms with E-state index in [0.717, 1.165) is 0 Å². The van der Waals surface area contributed by atoms with Gasteiger partial charge in [0.05, 0.1) is 23.7 Å². The summed E-state index contributed by atoms with van der Waals surface area (Å²) < 4.78 is 148. The number of rotatable bonds is 16. The summed E-state index contributed by atoms with van der Waals surface area (Å²) in [7, 11) is -8.39. The molecule has 0 aliphatic heterocycles. The molecule has 0 aromatic heterocycles. The summed E-state index contributed by atoms with van der Waals surface area (Å²) >= 11 is 0. The Balaban J connectivity index is 1.77. The number of hydrogen-bond donors (Lipinski definition) is 0. The van der Waals surface area contributed by atoms with Crippen LogP contribution in [0.1, 0.15) is 85.0 Å². The highest BCUT2D eigenvalue weighted by atomic mass is 32.2. The van der Waals surface area contributed by atoms with Crippen molar-refractivity contribution in [2.24, 2.45) is 28.1 Å². The molecule has 0 aromatic rings. The summed E-state index contributed by atoms with van der Waals surface area (Å²) in [6.45, 7) is 5.25. The third-order valence-electron chi connectivity index (χ3n) is 7.52. The number of alkyl halides is 6. The summed E-state index contributed by atoms with van der Waals surface area (Å²) in [5, 5.41) is 6.00. The Bertz CT molecular complexity index is 1170. The molecule has 0 amide bonds. The fraction of sp³-hybridized carbons (Fsp3) is 0.923. The Morgan fingerprint density at radius 3 is 1.61 bits per heavy atom. The van der Waals surface area contributed by atoms with Gasteiger partial charge in [-0.3, -0.25) is 8.57 Å². The van der Waals surface area contributed by atoms with E-state index in [9.17, 15) is 43.2 Å². The van der Waals surface area contributed by atoms with Gasteiger partial charge in [-0.2, -0.15) is 43.2 Å². The molecule has 0 bridgehead atoms. The van der Waals surface area contributed by atoms with E-state index in [2.05, 4.69) is 18.9 Å². The Hall–Kier alpha value is -1.66. The number of nitrogens with zero attached hydrogens (tertiary/aromatic N) is 2. The lowest BCUT2D eigenvalue weighted by Crippen LogP contribution is -2.39. The van der Waals surface area contributed by atoms with Gasteiger partial charge in [0.2, 0.25) is 0 Å². The van der Waals surface area contributed by atoms with Crippen molar-refractivity contribution in [3.63, 3.8) is 0 Å². The Labute approximate surface area is 255 Å². The Morgan fingerprint density at radius 2 is 1.16 bits per heavy atom. The minimum atomic E-state index is -4.85. The standard InChI is InChI=1S/C26H42F6N2O8S2/c1-4-15-43(35,36)41-33-23(25(27,28)29)19-7-9-20(10-8-19)39-13-6-14-40-21-11-12-22(18(3)17-21)24(26(30,31)32)34-42-44(37,38)16-5-2/h18-22H,4-17H2,1-3H3/b33-23-,34-24-. The first-order valence-electron chi connectivity index (χ1n) is 14.7. The maximum absolute atomic E-state index is 13.7. The molecule has 2 rings (SSSR count). The van der Waals surface area contributed by atoms with Crippen molar-refractivity contribution < 1.29 is 61.2 Å². The zero-order valence-electron chi connectivity index (χ0n) is 25.0. The molecule has 0 radical (unpaired) electrons. The largest absolute Gasteiger partial charge is 0.433 e. The van der Waals surface area contributed by atoms with Gasteiger partial charge in [-0.25, -0.2) is 0 Å². The normalized spacial score (nSPS) is 26.4. The molecule has 44 heavy (non-hydrogen) atoms. The molecule has 3 atom stereocenters. The van der Waals surface area contributed by atoms with Crippen LogP contribution in [0.25, 0.3) is 0 Å². The molecule has 0 aromatic carbocycles. The molecule has 3 unspecified atom stereocenters. The summed E-state index contributed by atoms with van der Waals surface area (Å²) in [5.41, 5.74) is -2.51. The second-order valence-corrected chi connectivity index (χ2v) is 14.6. The van der Waals surface area contributed by atoms with E-state index in [0.29, 0.717) is 32.1 Å². The quantitative estimate of drug-likeness (QED) is 0.0821. The van der Waals surface area contributed by atoms with Crippen molar-refractivity contribution in [3.8, 4) is 0 Å². The predicted octanol–water partition coefficient (Wildman–Crippen LogP) is 6.12. The van der Waals surface area contributed by atoms with Crippen LogP contribution in [-0.2, 0) is 38.3 Å². The average Bonchev–Trinajstić information content (AvgIpc) is 2.89. The van der Waals surface area contributed by atoms with Gasteiger partial charge in [-0.15, -0.1) is 0 Å². The van der Waals surface area contributed by atoms with Crippen LogP contribution in [0.5, 0.6) is 0 Å². The molecule has 2 saturated carbocycles. The van der Waals surface area contributed by atoms with E-state index in [-0.39, 0.29) is 57.5 Å². The van der Waals surface area contributed by atoms with E-state index in [4.69, 9.17) is 9.47 Å². The van der Waals surface area contributed by atoms with Gasteiger partial charge in [-0.05, 0) is 70.1 Å². The molecule has 258 valence electrons. The monoisotopic (exact) mass is 688 g/mol. The van der Waals surface area contributed by atoms with Gasteiger partial charge in [0.15, 0.2) is 11.4 Å². The smallest absolute Gasteiger partial charge is 0.378 e. The van der Waals surface area contributed by atoms with E-state index in [1.165, 1.54) is 0 Å². The molecule has 0 spiro atoms. The molecular formula is C26H42F6N2O8S2. The Morgan fingerprint density at radius 1 is 0.705 bits per heavy atom. The zero-order chi connectivity index (χ0) is 33.2. The van der Waals surface area contributed by atoms with Crippen LogP contribution < -0.4 is 0 Å². The molecular weight excluding hydrogens is 646 g/mol. The second kappa shape index (κ2) is 16.8. The molecule has 2 aliphatic carbocycles. The first kappa shape index (κ1) is 38.5. The van der Waals surface area contributed by atoms with Gasteiger partial charge in [0.25, 0.3) is 0 Å². The van der Waals surface area contributed by atoms with Crippen molar-refractivity contribution >= 4 is 31.7 Å².